The molecule has 0 saturated heterocycles. The average Bonchev–Trinajstić information content (AvgIpc) is 3.06. The van der Waals surface area contributed by atoms with E-state index in [4.69, 9.17) is 0 Å². The normalized spacial score (nSPS) is 11.0. The van der Waals surface area contributed by atoms with E-state index in [1.54, 1.807) is 23.4 Å². The van der Waals surface area contributed by atoms with Gasteiger partial charge in [0.05, 0.1) is 17.9 Å². The smallest absolute Gasteiger partial charge is 0.163 e. The summed E-state index contributed by atoms with van der Waals surface area (Å²) in [5, 5.41) is 8.46. The molecule has 0 saturated carbocycles. The molecule has 0 bridgehead atoms. The van der Waals surface area contributed by atoms with E-state index < -0.39 is 0 Å². The number of anilines is 1. The average molecular weight is 257 g/mol. The van der Waals surface area contributed by atoms with E-state index in [2.05, 4.69) is 29.9 Å². The van der Waals surface area contributed by atoms with E-state index in [-0.39, 0.29) is 0 Å². The van der Waals surface area contributed by atoms with Gasteiger partial charge in [0.25, 0.3) is 0 Å². The summed E-state index contributed by atoms with van der Waals surface area (Å²) in [5.41, 5.74) is 0.840. The molecule has 0 aliphatic rings. The van der Waals surface area contributed by atoms with Crippen LogP contribution in [-0.4, -0.2) is 35.8 Å². The fourth-order valence-corrected chi connectivity index (χ4v) is 1.99. The molecule has 0 amide bonds. The summed E-state index contributed by atoms with van der Waals surface area (Å²) in [6.45, 7) is 1.79. The third kappa shape index (κ3) is 2.40. The minimum atomic E-state index is 0.837. The van der Waals surface area contributed by atoms with Gasteiger partial charge in [0.2, 0.25) is 0 Å². The van der Waals surface area contributed by atoms with Crippen LogP contribution in [0.15, 0.2) is 31.2 Å². The van der Waals surface area contributed by atoms with Gasteiger partial charge in [-0.05, 0) is 6.42 Å². The van der Waals surface area contributed by atoms with Gasteiger partial charge in [-0.2, -0.15) is 5.10 Å². The van der Waals surface area contributed by atoms with Gasteiger partial charge < -0.3 is 9.88 Å². The number of nitrogens with zero attached hydrogens (tertiary/aromatic N) is 6. The van der Waals surface area contributed by atoms with Gasteiger partial charge in [-0.3, -0.25) is 4.68 Å². The third-order valence-corrected chi connectivity index (χ3v) is 2.97. The highest BCUT2D eigenvalue weighted by atomic mass is 15.3. The Morgan fingerprint density at radius 2 is 2.26 bits per heavy atom. The lowest BCUT2D eigenvalue weighted by atomic mass is 10.3. The first-order valence-electron chi connectivity index (χ1n) is 6.17. The molecule has 0 aromatic carbocycles. The van der Waals surface area contributed by atoms with Crippen molar-refractivity contribution in [3.8, 4) is 0 Å². The van der Waals surface area contributed by atoms with Crippen LogP contribution in [-0.2, 0) is 13.6 Å². The molecule has 0 unspecified atom stereocenters. The largest absolute Gasteiger partial charge is 0.369 e. The molecular formula is C12H15N7. The maximum Gasteiger partial charge on any atom is 0.163 e. The number of aryl methyl sites for hydroxylation is 2. The first-order chi connectivity index (χ1) is 9.34. The number of fused-ring (bicyclic) bond motifs is 1. The number of rotatable bonds is 5. The van der Waals surface area contributed by atoms with E-state index in [0.29, 0.717) is 0 Å². The van der Waals surface area contributed by atoms with Crippen LogP contribution in [0.2, 0.25) is 0 Å². The lowest BCUT2D eigenvalue weighted by Gasteiger charge is -2.06. The fraction of sp³-hybridized carbons (Fsp3) is 0.333. The van der Waals surface area contributed by atoms with Crippen molar-refractivity contribution >= 4 is 16.9 Å². The van der Waals surface area contributed by atoms with Crippen LogP contribution in [0.1, 0.15) is 6.42 Å². The maximum atomic E-state index is 4.26. The molecule has 7 heteroatoms. The van der Waals surface area contributed by atoms with Gasteiger partial charge in [0.15, 0.2) is 5.65 Å². The lowest BCUT2D eigenvalue weighted by molar-refractivity contribution is 0.660. The second-order valence-corrected chi connectivity index (χ2v) is 4.31. The molecule has 3 aromatic heterocycles. The molecule has 98 valence electrons. The highest BCUT2D eigenvalue weighted by Crippen LogP contribution is 2.17. The quantitative estimate of drug-likeness (QED) is 0.692. The summed E-state index contributed by atoms with van der Waals surface area (Å²) in [6, 6.07) is 0. The maximum absolute atomic E-state index is 4.26. The predicted molar refractivity (Wildman–Crippen MR) is 71.6 cm³/mol. The standard InChI is InChI=1S/C12H15N7/c1-18-12-10(7-17-18)11(15-8-16-12)14-3-2-5-19-6-4-13-9-19/h4,6-9H,2-3,5H2,1H3,(H,14,15,16). The lowest BCUT2D eigenvalue weighted by Crippen LogP contribution is -2.07. The van der Waals surface area contributed by atoms with Crippen molar-refractivity contribution in [2.45, 2.75) is 13.0 Å². The Labute approximate surface area is 110 Å². The zero-order chi connectivity index (χ0) is 13.1. The number of hydrogen-bond acceptors (Lipinski definition) is 5. The van der Waals surface area contributed by atoms with Crippen LogP contribution in [0, 0.1) is 0 Å². The van der Waals surface area contributed by atoms with E-state index >= 15 is 0 Å². The molecule has 3 aromatic rings. The Kier molecular flexibility index (Phi) is 3.09. The van der Waals surface area contributed by atoms with Gasteiger partial charge >= 0.3 is 0 Å². The summed E-state index contributed by atoms with van der Waals surface area (Å²) in [7, 11) is 1.87. The molecule has 0 spiro atoms. The van der Waals surface area contributed by atoms with Crippen molar-refractivity contribution in [2.24, 2.45) is 7.05 Å². The van der Waals surface area contributed by atoms with Gasteiger partial charge in [-0.25, -0.2) is 15.0 Å². The highest BCUT2D eigenvalue weighted by Gasteiger charge is 2.06. The first-order valence-corrected chi connectivity index (χ1v) is 6.17. The summed E-state index contributed by atoms with van der Waals surface area (Å²) in [6.07, 6.45) is 9.92. The summed E-state index contributed by atoms with van der Waals surface area (Å²) in [5.74, 6) is 0.837. The molecule has 3 rings (SSSR count). The molecule has 0 atom stereocenters. The molecular weight excluding hydrogens is 242 g/mol. The van der Waals surface area contributed by atoms with E-state index in [1.807, 2.05) is 19.6 Å². The predicted octanol–water partition coefficient (Wildman–Crippen LogP) is 1.06. The van der Waals surface area contributed by atoms with Gasteiger partial charge in [0.1, 0.15) is 12.1 Å². The fourth-order valence-electron chi connectivity index (χ4n) is 1.99. The zero-order valence-electron chi connectivity index (χ0n) is 10.7. The second-order valence-electron chi connectivity index (χ2n) is 4.31. The van der Waals surface area contributed by atoms with E-state index in [1.165, 1.54) is 0 Å². The third-order valence-electron chi connectivity index (χ3n) is 2.97. The zero-order valence-corrected chi connectivity index (χ0v) is 10.7. The minimum Gasteiger partial charge on any atom is -0.369 e. The molecule has 3 heterocycles. The Bertz CT molecular complexity index is 656. The summed E-state index contributed by atoms with van der Waals surface area (Å²) < 4.78 is 3.80. The van der Waals surface area contributed by atoms with Crippen LogP contribution in [0.3, 0.4) is 0 Å². The van der Waals surface area contributed by atoms with E-state index in [9.17, 15) is 0 Å². The molecule has 1 N–H and O–H groups in total. The van der Waals surface area contributed by atoms with Crippen LogP contribution < -0.4 is 5.32 Å². The Hall–Kier alpha value is -2.44. The van der Waals surface area contributed by atoms with Crippen LogP contribution in [0.25, 0.3) is 11.0 Å². The molecule has 7 nitrogen and oxygen atoms in total. The Morgan fingerprint density at radius 1 is 1.32 bits per heavy atom. The van der Waals surface area contributed by atoms with Crippen molar-refractivity contribution in [1.29, 1.82) is 0 Å². The van der Waals surface area contributed by atoms with Gasteiger partial charge in [-0.15, -0.1) is 0 Å². The van der Waals surface area contributed by atoms with Crippen LogP contribution in [0.5, 0.6) is 0 Å². The summed E-state index contributed by atoms with van der Waals surface area (Å²) in [4.78, 5) is 12.5. The van der Waals surface area contributed by atoms with Gasteiger partial charge in [-0.1, -0.05) is 0 Å². The van der Waals surface area contributed by atoms with Crippen molar-refractivity contribution in [3.05, 3.63) is 31.2 Å². The SMILES string of the molecule is Cn1ncc2c(NCCCn3ccnc3)ncnc21. The molecule has 0 aliphatic carbocycles. The summed E-state index contributed by atoms with van der Waals surface area (Å²) >= 11 is 0. The highest BCUT2D eigenvalue weighted by molar-refractivity contribution is 5.85. The van der Waals surface area contributed by atoms with Crippen molar-refractivity contribution in [3.63, 3.8) is 0 Å². The number of imidazole rings is 1. The molecule has 0 fully saturated rings. The number of hydrogen-bond donors (Lipinski definition) is 1. The minimum absolute atomic E-state index is 0.837. The van der Waals surface area contributed by atoms with E-state index in [0.717, 1.165) is 36.4 Å². The van der Waals surface area contributed by atoms with Crippen molar-refractivity contribution < 1.29 is 0 Å². The van der Waals surface area contributed by atoms with Crippen LogP contribution in [0.4, 0.5) is 5.82 Å². The Morgan fingerprint density at radius 3 is 3.11 bits per heavy atom. The molecule has 19 heavy (non-hydrogen) atoms. The monoisotopic (exact) mass is 257 g/mol. The molecule has 0 radical (unpaired) electrons. The Balaban J connectivity index is 1.62. The number of aromatic nitrogens is 6. The van der Waals surface area contributed by atoms with Crippen molar-refractivity contribution in [1.82, 2.24) is 29.3 Å². The number of nitrogens with one attached hydrogen (secondary N) is 1. The van der Waals surface area contributed by atoms with Crippen molar-refractivity contribution in [2.75, 3.05) is 11.9 Å². The van der Waals surface area contributed by atoms with Gasteiger partial charge in [0, 0.05) is 32.5 Å². The van der Waals surface area contributed by atoms with Crippen LogP contribution >= 0.6 is 0 Å². The second kappa shape index (κ2) is 5.05. The first kappa shape index (κ1) is 11.6. The molecule has 0 aliphatic heterocycles. The topological polar surface area (TPSA) is 73.5 Å².